The van der Waals surface area contributed by atoms with Crippen LogP contribution in [-0.2, 0) is 0 Å². The summed E-state index contributed by atoms with van der Waals surface area (Å²) in [6, 6.07) is 7.51. The van der Waals surface area contributed by atoms with Crippen LogP contribution < -0.4 is 15.8 Å². The van der Waals surface area contributed by atoms with Gasteiger partial charge in [0.1, 0.15) is 11.4 Å². The molecular weight excluding hydrogens is 378 g/mol. The number of allylic oxidation sites excluding steroid dienone is 2. The van der Waals surface area contributed by atoms with Gasteiger partial charge in [0, 0.05) is 36.1 Å². The van der Waals surface area contributed by atoms with Gasteiger partial charge in [-0.05, 0) is 44.5 Å². The number of aryl methyl sites for hydroxylation is 1. The number of aromatic nitrogens is 4. The van der Waals surface area contributed by atoms with E-state index in [1.807, 2.05) is 42.8 Å². The molecule has 8 heteroatoms. The Balaban J connectivity index is 1.89. The lowest BCUT2D eigenvalue weighted by atomic mass is 10.2. The van der Waals surface area contributed by atoms with Gasteiger partial charge in [-0.25, -0.2) is 15.0 Å². The van der Waals surface area contributed by atoms with Crippen molar-refractivity contribution in [3.8, 4) is 11.4 Å². The van der Waals surface area contributed by atoms with Crippen LogP contribution in [0, 0.1) is 6.92 Å². The van der Waals surface area contributed by atoms with Crippen molar-refractivity contribution in [1.29, 1.82) is 0 Å². The third kappa shape index (κ3) is 4.91. The second kappa shape index (κ2) is 9.04. The molecule has 8 nitrogen and oxygen atoms in total. The van der Waals surface area contributed by atoms with E-state index in [2.05, 4.69) is 31.8 Å². The molecule has 30 heavy (non-hydrogen) atoms. The molecule has 0 amide bonds. The molecule has 0 bridgehead atoms. The van der Waals surface area contributed by atoms with Crippen LogP contribution in [0.4, 0.5) is 11.6 Å². The van der Waals surface area contributed by atoms with Crippen LogP contribution in [0.5, 0.6) is 5.75 Å². The van der Waals surface area contributed by atoms with Gasteiger partial charge in [0.15, 0.2) is 0 Å². The average molecular weight is 403 g/mol. The molecule has 0 fully saturated rings. The van der Waals surface area contributed by atoms with Crippen LogP contribution in [0.1, 0.15) is 25.2 Å². The zero-order valence-corrected chi connectivity index (χ0v) is 17.5. The first-order valence-corrected chi connectivity index (χ1v) is 9.32. The fraction of sp³-hybridized carbons (Fsp3) is 0.182. The Labute approximate surface area is 175 Å². The van der Waals surface area contributed by atoms with Crippen molar-refractivity contribution in [3.05, 3.63) is 72.2 Å². The number of nitrogens with one attached hydrogen (secondary N) is 1. The third-order valence-electron chi connectivity index (χ3n) is 4.11. The van der Waals surface area contributed by atoms with Crippen LogP contribution in [0.3, 0.4) is 0 Å². The van der Waals surface area contributed by atoms with E-state index in [4.69, 9.17) is 10.5 Å². The Morgan fingerprint density at radius 2 is 2.07 bits per heavy atom. The number of nitrogens with zero attached hydrogens (tertiary/aromatic N) is 5. The summed E-state index contributed by atoms with van der Waals surface area (Å²) in [5, 5.41) is 3.20. The Hall–Kier alpha value is -3.94. The molecule has 0 unspecified atom stereocenters. The summed E-state index contributed by atoms with van der Waals surface area (Å²) in [6.07, 6.45) is 7.00. The molecule has 0 radical (unpaired) electrons. The molecule has 0 atom stereocenters. The maximum atomic E-state index is 6.00. The number of hydrogen-bond donors (Lipinski definition) is 2. The normalized spacial score (nSPS) is 12.0. The van der Waals surface area contributed by atoms with Crippen LogP contribution >= 0.6 is 0 Å². The molecule has 2 heterocycles. The maximum absolute atomic E-state index is 6.00. The highest BCUT2D eigenvalue weighted by Crippen LogP contribution is 2.28. The quantitative estimate of drug-likeness (QED) is 0.578. The zero-order valence-electron chi connectivity index (χ0n) is 17.5. The largest absolute Gasteiger partial charge is 0.494 e. The highest BCUT2D eigenvalue weighted by molar-refractivity contribution is 5.83. The average Bonchev–Trinajstić information content (AvgIpc) is 3.14. The summed E-state index contributed by atoms with van der Waals surface area (Å²) >= 11 is 0. The molecular formula is C22H25N7O. The molecule has 0 saturated carbocycles. The smallest absolute Gasteiger partial charge is 0.227 e. The summed E-state index contributed by atoms with van der Waals surface area (Å²) < 4.78 is 7.47. The van der Waals surface area contributed by atoms with Gasteiger partial charge >= 0.3 is 0 Å². The van der Waals surface area contributed by atoms with Gasteiger partial charge in [0.05, 0.1) is 30.5 Å². The standard InChI is InChI=1S/C22H25N7O/c1-14(2)11-25-21(16(4)23)18-8-9-24-22(28-18)27-17-6-7-19(20(10-17)30-5)29-12-15(3)26-13-29/h6-13H,1,23H2,2-5H3,(H,24,27,28)/b21-16-,25-11-. The summed E-state index contributed by atoms with van der Waals surface area (Å²) in [5.74, 6) is 1.11. The first kappa shape index (κ1) is 20.8. The highest BCUT2D eigenvalue weighted by atomic mass is 16.5. The lowest BCUT2D eigenvalue weighted by Gasteiger charge is -2.12. The third-order valence-corrected chi connectivity index (χ3v) is 4.11. The van der Waals surface area contributed by atoms with E-state index in [1.54, 1.807) is 38.8 Å². The van der Waals surface area contributed by atoms with E-state index >= 15 is 0 Å². The molecule has 3 rings (SSSR count). The van der Waals surface area contributed by atoms with Crippen LogP contribution in [-0.4, -0.2) is 32.8 Å². The monoisotopic (exact) mass is 403 g/mol. The predicted molar refractivity (Wildman–Crippen MR) is 120 cm³/mol. The van der Waals surface area contributed by atoms with Gasteiger partial charge in [0.25, 0.3) is 0 Å². The number of rotatable bonds is 7. The zero-order chi connectivity index (χ0) is 21.7. The SMILES string of the molecule is C=C(C)/C=N\C(=C(\C)N)c1ccnc(Nc2ccc(-n3cnc(C)c3)c(OC)c2)n1. The molecule has 2 aromatic heterocycles. The second-order valence-electron chi connectivity index (χ2n) is 6.84. The fourth-order valence-electron chi connectivity index (χ4n) is 2.75. The van der Waals surface area contributed by atoms with Crippen molar-refractivity contribution >= 4 is 23.5 Å². The van der Waals surface area contributed by atoms with Crippen molar-refractivity contribution in [2.45, 2.75) is 20.8 Å². The van der Waals surface area contributed by atoms with Gasteiger partial charge in [-0.15, -0.1) is 0 Å². The van der Waals surface area contributed by atoms with E-state index in [1.165, 1.54) is 0 Å². The van der Waals surface area contributed by atoms with Crippen molar-refractivity contribution in [2.24, 2.45) is 10.7 Å². The minimum atomic E-state index is 0.421. The number of ether oxygens (including phenoxy) is 1. The Morgan fingerprint density at radius 1 is 1.27 bits per heavy atom. The lowest BCUT2D eigenvalue weighted by molar-refractivity contribution is 0.413. The van der Waals surface area contributed by atoms with Crippen molar-refractivity contribution in [1.82, 2.24) is 19.5 Å². The molecule has 0 saturated heterocycles. The van der Waals surface area contributed by atoms with Crippen LogP contribution in [0.2, 0.25) is 0 Å². The molecule has 0 spiro atoms. The van der Waals surface area contributed by atoms with E-state index < -0.39 is 0 Å². The molecule has 154 valence electrons. The second-order valence-corrected chi connectivity index (χ2v) is 6.84. The van der Waals surface area contributed by atoms with E-state index in [-0.39, 0.29) is 0 Å². The number of benzene rings is 1. The van der Waals surface area contributed by atoms with Gasteiger partial charge in [-0.2, -0.15) is 0 Å². The van der Waals surface area contributed by atoms with Gasteiger partial charge < -0.3 is 20.4 Å². The first-order chi connectivity index (χ1) is 14.4. The van der Waals surface area contributed by atoms with E-state index in [0.717, 1.165) is 22.6 Å². The fourth-order valence-corrected chi connectivity index (χ4v) is 2.75. The minimum Gasteiger partial charge on any atom is -0.494 e. The topological polar surface area (TPSA) is 103 Å². The Morgan fingerprint density at radius 3 is 2.70 bits per heavy atom. The summed E-state index contributed by atoms with van der Waals surface area (Å²) in [6.45, 7) is 9.41. The molecule has 1 aromatic carbocycles. The molecule has 0 aliphatic carbocycles. The predicted octanol–water partition coefficient (Wildman–Crippen LogP) is 4.02. The van der Waals surface area contributed by atoms with E-state index in [0.29, 0.717) is 28.8 Å². The first-order valence-electron chi connectivity index (χ1n) is 9.32. The molecule has 3 aromatic rings. The molecule has 0 aliphatic heterocycles. The maximum Gasteiger partial charge on any atom is 0.227 e. The molecule has 3 N–H and O–H groups in total. The van der Waals surface area contributed by atoms with Crippen molar-refractivity contribution < 1.29 is 4.74 Å². The number of aliphatic imine (C=N–C) groups is 1. The summed E-state index contributed by atoms with van der Waals surface area (Å²) in [4.78, 5) is 17.5. The number of methoxy groups -OCH3 is 1. The summed E-state index contributed by atoms with van der Waals surface area (Å²) in [7, 11) is 1.63. The number of hydrogen-bond acceptors (Lipinski definition) is 7. The minimum absolute atomic E-state index is 0.421. The number of nitrogens with two attached hydrogens (primary N) is 1. The lowest BCUT2D eigenvalue weighted by Crippen LogP contribution is -2.03. The Kier molecular flexibility index (Phi) is 6.26. The van der Waals surface area contributed by atoms with Gasteiger partial charge in [0.2, 0.25) is 5.95 Å². The molecule has 0 aliphatic rings. The highest BCUT2D eigenvalue weighted by Gasteiger charge is 2.10. The van der Waals surface area contributed by atoms with Gasteiger partial charge in [-0.1, -0.05) is 6.58 Å². The van der Waals surface area contributed by atoms with E-state index in [9.17, 15) is 0 Å². The summed E-state index contributed by atoms with van der Waals surface area (Å²) in [5.41, 5.74) is 11.2. The number of imidazole rings is 1. The van der Waals surface area contributed by atoms with Crippen LogP contribution in [0.25, 0.3) is 11.4 Å². The van der Waals surface area contributed by atoms with Crippen molar-refractivity contribution in [3.63, 3.8) is 0 Å². The Bertz CT molecular complexity index is 1120. The number of anilines is 2. The van der Waals surface area contributed by atoms with Crippen molar-refractivity contribution in [2.75, 3.05) is 12.4 Å². The van der Waals surface area contributed by atoms with Crippen LogP contribution in [0.15, 0.2) is 65.8 Å². The van der Waals surface area contributed by atoms with Gasteiger partial charge in [-0.3, -0.25) is 4.99 Å².